The zero-order valence-corrected chi connectivity index (χ0v) is 17.2. The lowest BCUT2D eigenvalue weighted by Gasteiger charge is -2.06. The van der Waals surface area contributed by atoms with Gasteiger partial charge in [0.15, 0.2) is 0 Å². The maximum Gasteiger partial charge on any atom is 0.259 e. The van der Waals surface area contributed by atoms with Gasteiger partial charge in [-0.2, -0.15) is 0 Å². The summed E-state index contributed by atoms with van der Waals surface area (Å²) in [7, 11) is 0. The first-order chi connectivity index (χ1) is 15.2. The molecule has 4 aromatic rings. The minimum absolute atomic E-state index is 0.258. The van der Waals surface area contributed by atoms with Crippen molar-refractivity contribution < 1.29 is 14.6 Å². The van der Waals surface area contributed by atoms with E-state index in [1.54, 1.807) is 36.7 Å². The lowest BCUT2D eigenvalue weighted by molar-refractivity contribution is 0.102. The molecule has 3 aromatic heterocycles. The number of phenols is 1. The van der Waals surface area contributed by atoms with Gasteiger partial charge in [0.1, 0.15) is 10.8 Å². The fourth-order valence-corrected chi connectivity index (χ4v) is 3.51. The van der Waals surface area contributed by atoms with Gasteiger partial charge >= 0.3 is 0 Å². The molecule has 1 amide bonds. The highest BCUT2D eigenvalue weighted by atomic mass is 32.1. The van der Waals surface area contributed by atoms with Crippen LogP contribution in [0.15, 0.2) is 67.1 Å². The molecule has 0 atom stereocenters. The molecule has 0 unspecified atom stereocenters. The first-order valence-corrected chi connectivity index (χ1v) is 10.4. The Morgan fingerprint density at radius 3 is 2.58 bits per heavy atom. The molecule has 2 N–H and O–H groups in total. The smallest absolute Gasteiger partial charge is 0.259 e. The standard InChI is InChI=1S/C22H19N5O3S/c28-18-6-3-15(4-7-18)2-1-13-30-19-8-5-17(14-24-19)20(29)25-22-27-26-21(31-22)16-9-11-23-12-10-16/h3-12,14,28H,1-2,13H2,(H,25,27,29). The number of hydrogen-bond acceptors (Lipinski definition) is 8. The lowest BCUT2D eigenvalue weighted by atomic mass is 10.1. The maximum atomic E-state index is 12.4. The van der Waals surface area contributed by atoms with Crippen LogP contribution in [0.25, 0.3) is 10.6 Å². The minimum atomic E-state index is -0.316. The topological polar surface area (TPSA) is 110 Å². The average Bonchev–Trinajstić information content (AvgIpc) is 3.27. The summed E-state index contributed by atoms with van der Waals surface area (Å²) in [5.41, 5.74) is 2.42. The molecule has 4 rings (SSSR count). The van der Waals surface area contributed by atoms with E-state index in [-0.39, 0.29) is 11.7 Å². The fraction of sp³-hybridized carbons (Fsp3) is 0.136. The fourth-order valence-electron chi connectivity index (χ4n) is 2.77. The molecule has 0 aliphatic rings. The van der Waals surface area contributed by atoms with E-state index in [1.807, 2.05) is 24.3 Å². The number of ether oxygens (including phenoxy) is 1. The van der Waals surface area contributed by atoms with Crippen LogP contribution >= 0.6 is 11.3 Å². The average molecular weight is 433 g/mol. The molecule has 0 fully saturated rings. The van der Waals surface area contributed by atoms with E-state index in [0.717, 1.165) is 24.0 Å². The molecular formula is C22H19N5O3S. The molecule has 0 aliphatic carbocycles. The van der Waals surface area contributed by atoms with Crippen molar-refractivity contribution in [3.8, 4) is 22.2 Å². The number of nitrogens with zero attached hydrogens (tertiary/aromatic N) is 4. The molecule has 0 radical (unpaired) electrons. The van der Waals surface area contributed by atoms with E-state index >= 15 is 0 Å². The van der Waals surface area contributed by atoms with Crippen molar-refractivity contribution in [2.24, 2.45) is 0 Å². The summed E-state index contributed by atoms with van der Waals surface area (Å²) in [5, 5.41) is 21.2. The number of nitrogens with one attached hydrogen (secondary N) is 1. The maximum absolute atomic E-state index is 12.4. The number of anilines is 1. The van der Waals surface area contributed by atoms with Crippen LogP contribution < -0.4 is 10.1 Å². The van der Waals surface area contributed by atoms with Gasteiger partial charge in [-0.05, 0) is 48.7 Å². The second kappa shape index (κ2) is 9.77. The zero-order valence-electron chi connectivity index (χ0n) is 16.4. The molecular weight excluding hydrogens is 414 g/mol. The Labute approximate surface area is 182 Å². The third-order valence-electron chi connectivity index (χ3n) is 4.37. The molecule has 31 heavy (non-hydrogen) atoms. The van der Waals surface area contributed by atoms with E-state index in [0.29, 0.717) is 28.2 Å². The van der Waals surface area contributed by atoms with Gasteiger partial charge in [0.2, 0.25) is 11.0 Å². The first kappa shape index (κ1) is 20.4. The number of pyridine rings is 2. The van der Waals surface area contributed by atoms with E-state index < -0.39 is 0 Å². The number of hydrogen-bond donors (Lipinski definition) is 2. The summed E-state index contributed by atoms with van der Waals surface area (Å²) in [6.07, 6.45) is 6.47. The first-order valence-electron chi connectivity index (χ1n) is 9.59. The summed E-state index contributed by atoms with van der Waals surface area (Å²) >= 11 is 1.28. The van der Waals surface area contributed by atoms with Crippen LogP contribution in [0.1, 0.15) is 22.3 Å². The Morgan fingerprint density at radius 2 is 1.84 bits per heavy atom. The molecule has 0 aliphatic heterocycles. The number of aromatic hydroxyl groups is 1. The van der Waals surface area contributed by atoms with Crippen LogP contribution in [-0.4, -0.2) is 37.8 Å². The van der Waals surface area contributed by atoms with Crippen molar-refractivity contribution >= 4 is 22.4 Å². The minimum Gasteiger partial charge on any atom is -0.508 e. The van der Waals surface area contributed by atoms with Gasteiger partial charge < -0.3 is 9.84 Å². The second-order valence-electron chi connectivity index (χ2n) is 6.61. The summed E-state index contributed by atoms with van der Waals surface area (Å²) < 4.78 is 5.64. The predicted molar refractivity (Wildman–Crippen MR) is 117 cm³/mol. The van der Waals surface area contributed by atoms with Gasteiger partial charge in [-0.15, -0.1) is 10.2 Å². The quantitative estimate of drug-likeness (QED) is 0.405. The Morgan fingerprint density at radius 1 is 1.03 bits per heavy atom. The monoisotopic (exact) mass is 433 g/mol. The summed E-state index contributed by atoms with van der Waals surface area (Å²) in [5.74, 6) is 0.399. The highest BCUT2D eigenvalue weighted by molar-refractivity contribution is 7.18. The van der Waals surface area contributed by atoms with Crippen molar-refractivity contribution in [2.45, 2.75) is 12.8 Å². The summed E-state index contributed by atoms with van der Waals surface area (Å²) in [6, 6.07) is 14.1. The number of aromatic nitrogens is 4. The number of amides is 1. The molecule has 8 nitrogen and oxygen atoms in total. The lowest BCUT2D eigenvalue weighted by Crippen LogP contribution is -2.12. The molecule has 0 spiro atoms. The number of carbonyl (C=O) groups is 1. The predicted octanol–water partition coefficient (Wildman–Crippen LogP) is 3.96. The molecule has 1 aromatic carbocycles. The molecule has 0 saturated heterocycles. The van der Waals surface area contributed by atoms with Crippen molar-refractivity contribution in [3.05, 3.63) is 78.2 Å². The van der Waals surface area contributed by atoms with Crippen molar-refractivity contribution in [1.82, 2.24) is 20.2 Å². The van der Waals surface area contributed by atoms with Gasteiger partial charge in [0.05, 0.1) is 12.2 Å². The van der Waals surface area contributed by atoms with E-state index in [4.69, 9.17) is 4.74 Å². The number of aryl methyl sites for hydroxylation is 1. The highest BCUT2D eigenvalue weighted by Crippen LogP contribution is 2.26. The van der Waals surface area contributed by atoms with Gasteiger partial charge in [-0.3, -0.25) is 15.1 Å². The molecule has 9 heteroatoms. The summed E-state index contributed by atoms with van der Waals surface area (Å²) in [6.45, 7) is 0.502. The number of carbonyl (C=O) groups excluding carboxylic acids is 1. The molecule has 156 valence electrons. The van der Waals surface area contributed by atoms with Crippen LogP contribution in [-0.2, 0) is 6.42 Å². The highest BCUT2D eigenvalue weighted by Gasteiger charge is 2.12. The molecule has 0 bridgehead atoms. The Bertz CT molecular complexity index is 1130. The molecule has 3 heterocycles. The van der Waals surface area contributed by atoms with Crippen LogP contribution in [0.3, 0.4) is 0 Å². The van der Waals surface area contributed by atoms with E-state index in [2.05, 4.69) is 25.5 Å². The normalized spacial score (nSPS) is 10.6. The Kier molecular flexibility index (Phi) is 6.44. The number of benzene rings is 1. The number of phenolic OH excluding ortho intramolecular Hbond substituents is 1. The van der Waals surface area contributed by atoms with E-state index in [1.165, 1.54) is 17.5 Å². The third-order valence-corrected chi connectivity index (χ3v) is 5.26. The van der Waals surface area contributed by atoms with Crippen molar-refractivity contribution in [1.29, 1.82) is 0 Å². The van der Waals surface area contributed by atoms with Gasteiger partial charge in [0.25, 0.3) is 5.91 Å². The second-order valence-corrected chi connectivity index (χ2v) is 7.58. The van der Waals surface area contributed by atoms with Gasteiger partial charge in [0, 0.05) is 30.2 Å². The van der Waals surface area contributed by atoms with Gasteiger partial charge in [-0.25, -0.2) is 4.98 Å². The van der Waals surface area contributed by atoms with Gasteiger partial charge in [-0.1, -0.05) is 23.5 Å². The van der Waals surface area contributed by atoms with E-state index in [9.17, 15) is 9.90 Å². The van der Waals surface area contributed by atoms with Crippen molar-refractivity contribution in [2.75, 3.05) is 11.9 Å². The van der Waals surface area contributed by atoms with Crippen LogP contribution in [0.4, 0.5) is 5.13 Å². The van der Waals surface area contributed by atoms with Crippen LogP contribution in [0.5, 0.6) is 11.6 Å². The van der Waals surface area contributed by atoms with Crippen LogP contribution in [0.2, 0.25) is 0 Å². The Hall–Kier alpha value is -3.85. The SMILES string of the molecule is O=C(Nc1nnc(-c2ccncc2)s1)c1ccc(OCCCc2ccc(O)cc2)nc1. The molecule has 0 saturated carbocycles. The largest absolute Gasteiger partial charge is 0.508 e. The zero-order chi connectivity index (χ0) is 21.5. The van der Waals surface area contributed by atoms with Crippen LogP contribution in [0, 0.1) is 0 Å². The summed E-state index contributed by atoms with van der Waals surface area (Å²) in [4.78, 5) is 20.6. The number of rotatable bonds is 8. The Balaban J connectivity index is 1.26. The van der Waals surface area contributed by atoms with Crippen molar-refractivity contribution in [3.63, 3.8) is 0 Å². The third kappa shape index (κ3) is 5.61.